The number of hydrogen-bond donors (Lipinski definition) is 0. The smallest absolute Gasteiger partial charge is 0.376 e. The lowest BCUT2D eigenvalue weighted by atomic mass is 10.1. The summed E-state index contributed by atoms with van der Waals surface area (Å²) in [6, 6.07) is 6.06. The molecule has 0 bridgehead atoms. The first-order chi connectivity index (χ1) is 9.56. The summed E-state index contributed by atoms with van der Waals surface area (Å²) in [4.78, 5) is 16.3. The normalized spacial score (nSPS) is 10.6. The summed E-state index contributed by atoms with van der Waals surface area (Å²) >= 11 is 0. The lowest BCUT2D eigenvalue weighted by Gasteiger charge is -2.02. The van der Waals surface area contributed by atoms with Crippen LogP contribution in [-0.4, -0.2) is 17.6 Å². The van der Waals surface area contributed by atoms with Crippen molar-refractivity contribution in [2.75, 3.05) is 6.61 Å². The molecule has 0 saturated heterocycles. The largest absolute Gasteiger partial charge is 0.460 e. The summed E-state index contributed by atoms with van der Waals surface area (Å²) in [7, 11) is 0. The molecular formula is C16H19NO3. The zero-order chi connectivity index (χ0) is 14.7. The molecule has 2 rings (SSSR count). The van der Waals surface area contributed by atoms with Crippen LogP contribution in [-0.2, 0) is 11.2 Å². The van der Waals surface area contributed by atoms with Crippen LogP contribution in [0.1, 0.15) is 41.2 Å². The second kappa shape index (κ2) is 5.90. The van der Waals surface area contributed by atoms with Gasteiger partial charge in [-0.15, -0.1) is 0 Å². The molecule has 2 aromatic rings. The first kappa shape index (κ1) is 14.3. The topological polar surface area (TPSA) is 52.3 Å². The Bertz CT molecular complexity index is 629. The summed E-state index contributed by atoms with van der Waals surface area (Å²) < 4.78 is 10.7. The summed E-state index contributed by atoms with van der Waals surface area (Å²) in [5.41, 5.74) is 3.74. The number of hydrogen-bond acceptors (Lipinski definition) is 4. The van der Waals surface area contributed by atoms with E-state index in [1.54, 1.807) is 6.92 Å². The highest BCUT2D eigenvalue weighted by Crippen LogP contribution is 2.26. The van der Waals surface area contributed by atoms with Crippen LogP contribution in [0.15, 0.2) is 22.6 Å². The number of aryl methyl sites for hydroxylation is 3. The number of nitrogens with zero attached hydrogens (tertiary/aromatic N) is 1. The fourth-order valence-corrected chi connectivity index (χ4v) is 2.03. The minimum atomic E-state index is -0.451. The van der Waals surface area contributed by atoms with Gasteiger partial charge < -0.3 is 9.15 Å². The quantitative estimate of drug-likeness (QED) is 0.797. The van der Waals surface area contributed by atoms with Crippen LogP contribution in [0.3, 0.4) is 0 Å². The van der Waals surface area contributed by atoms with E-state index in [1.165, 1.54) is 0 Å². The monoisotopic (exact) mass is 273 g/mol. The maximum atomic E-state index is 11.9. The first-order valence-corrected chi connectivity index (χ1v) is 6.81. The molecule has 0 radical (unpaired) electrons. The third kappa shape index (κ3) is 2.74. The van der Waals surface area contributed by atoms with Gasteiger partial charge in [0.1, 0.15) is 0 Å². The van der Waals surface area contributed by atoms with Gasteiger partial charge in [0, 0.05) is 5.56 Å². The minimum Gasteiger partial charge on any atom is -0.460 e. The average molecular weight is 273 g/mol. The Balaban J connectivity index is 2.48. The van der Waals surface area contributed by atoms with Crippen molar-refractivity contribution in [2.24, 2.45) is 0 Å². The number of benzene rings is 1. The molecule has 0 atom stereocenters. The molecule has 0 unspecified atom stereocenters. The Hall–Kier alpha value is -2.10. The second-order valence-electron chi connectivity index (χ2n) is 4.69. The molecule has 0 N–H and O–H groups in total. The number of ether oxygens (including phenoxy) is 1. The Morgan fingerprint density at radius 2 is 2.05 bits per heavy atom. The Kier molecular flexibility index (Phi) is 4.23. The van der Waals surface area contributed by atoms with Gasteiger partial charge in [-0.05, 0) is 38.8 Å². The highest BCUT2D eigenvalue weighted by molar-refractivity contribution is 5.88. The third-order valence-corrected chi connectivity index (χ3v) is 3.12. The van der Waals surface area contributed by atoms with Crippen molar-refractivity contribution in [3.8, 4) is 11.5 Å². The molecule has 0 aliphatic rings. The van der Waals surface area contributed by atoms with Crippen LogP contribution in [0, 0.1) is 13.8 Å². The molecule has 0 aliphatic carbocycles. The molecule has 4 nitrogen and oxygen atoms in total. The SMILES string of the molecule is CCOC(=O)c1oc(-c2cc(C)ccc2C)nc1CC. The van der Waals surface area contributed by atoms with Gasteiger partial charge in [-0.2, -0.15) is 0 Å². The summed E-state index contributed by atoms with van der Waals surface area (Å²) in [6.45, 7) is 8.04. The number of rotatable bonds is 4. The van der Waals surface area contributed by atoms with E-state index in [2.05, 4.69) is 4.98 Å². The molecular weight excluding hydrogens is 254 g/mol. The lowest BCUT2D eigenvalue weighted by molar-refractivity contribution is 0.0489. The van der Waals surface area contributed by atoms with E-state index in [0.29, 0.717) is 24.6 Å². The average Bonchev–Trinajstić information content (AvgIpc) is 2.86. The molecule has 1 aromatic heterocycles. The Morgan fingerprint density at radius 3 is 2.70 bits per heavy atom. The van der Waals surface area contributed by atoms with Crippen LogP contribution < -0.4 is 0 Å². The van der Waals surface area contributed by atoms with E-state index in [9.17, 15) is 4.79 Å². The first-order valence-electron chi connectivity index (χ1n) is 6.81. The zero-order valence-electron chi connectivity index (χ0n) is 12.3. The molecule has 20 heavy (non-hydrogen) atoms. The number of oxazole rings is 1. The summed E-state index contributed by atoms with van der Waals surface area (Å²) in [5, 5.41) is 0. The molecule has 4 heteroatoms. The van der Waals surface area contributed by atoms with Crippen molar-refractivity contribution in [3.05, 3.63) is 40.8 Å². The van der Waals surface area contributed by atoms with Gasteiger partial charge in [-0.25, -0.2) is 9.78 Å². The van der Waals surface area contributed by atoms with Gasteiger partial charge in [-0.3, -0.25) is 0 Å². The van der Waals surface area contributed by atoms with Crippen LogP contribution in [0.4, 0.5) is 0 Å². The fraction of sp³-hybridized carbons (Fsp3) is 0.375. The van der Waals surface area contributed by atoms with Gasteiger partial charge in [0.15, 0.2) is 0 Å². The Morgan fingerprint density at radius 1 is 1.30 bits per heavy atom. The predicted octanol–water partition coefficient (Wildman–Crippen LogP) is 3.70. The van der Waals surface area contributed by atoms with E-state index in [0.717, 1.165) is 16.7 Å². The molecule has 1 aromatic carbocycles. The predicted molar refractivity (Wildman–Crippen MR) is 76.7 cm³/mol. The third-order valence-electron chi connectivity index (χ3n) is 3.12. The Labute approximate surface area is 118 Å². The number of carbonyl (C=O) groups excluding carboxylic acids is 1. The van der Waals surface area contributed by atoms with Crippen molar-refractivity contribution >= 4 is 5.97 Å². The van der Waals surface area contributed by atoms with Gasteiger partial charge in [0.2, 0.25) is 11.7 Å². The molecule has 1 heterocycles. The standard InChI is InChI=1S/C16H19NO3/c1-5-13-14(16(18)19-6-2)20-15(17-13)12-9-10(3)7-8-11(12)4/h7-9H,5-6H2,1-4H3. The van der Waals surface area contributed by atoms with E-state index in [4.69, 9.17) is 9.15 Å². The minimum absolute atomic E-state index is 0.213. The highest BCUT2D eigenvalue weighted by atomic mass is 16.5. The lowest BCUT2D eigenvalue weighted by Crippen LogP contribution is -2.05. The van der Waals surface area contributed by atoms with Crippen molar-refractivity contribution in [2.45, 2.75) is 34.1 Å². The van der Waals surface area contributed by atoms with E-state index in [1.807, 2.05) is 39.0 Å². The summed E-state index contributed by atoms with van der Waals surface area (Å²) in [6.07, 6.45) is 0.627. The maximum Gasteiger partial charge on any atom is 0.376 e. The fourth-order valence-electron chi connectivity index (χ4n) is 2.03. The molecule has 0 saturated carbocycles. The van der Waals surface area contributed by atoms with Crippen molar-refractivity contribution in [3.63, 3.8) is 0 Å². The van der Waals surface area contributed by atoms with Crippen LogP contribution in [0.2, 0.25) is 0 Å². The van der Waals surface area contributed by atoms with E-state index < -0.39 is 5.97 Å². The number of esters is 1. The van der Waals surface area contributed by atoms with Gasteiger partial charge in [0.25, 0.3) is 0 Å². The van der Waals surface area contributed by atoms with E-state index >= 15 is 0 Å². The zero-order valence-corrected chi connectivity index (χ0v) is 12.3. The molecule has 0 aliphatic heterocycles. The highest BCUT2D eigenvalue weighted by Gasteiger charge is 2.21. The number of carbonyl (C=O) groups is 1. The number of aromatic nitrogens is 1. The maximum absolute atomic E-state index is 11.9. The van der Waals surface area contributed by atoms with Crippen LogP contribution in [0.5, 0.6) is 0 Å². The van der Waals surface area contributed by atoms with Gasteiger partial charge in [0.05, 0.1) is 12.3 Å². The van der Waals surface area contributed by atoms with Crippen LogP contribution in [0.25, 0.3) is 11.5 Å². The van der Waals surface area contributed by atoms with Gasteiger partial charge >= 0.3 is 5.97 Å². The van der Waals surface area contributed by atoms with Crippen molar-refractivity contribution < 1.29 is 13.9 Å². The van der Waals surface area contributed by atoms with Crippen molar-refractivity contribution in [1.82, 2.24) is 4.98 Å². The molecule has 106 valence electrons. The van der Waals surface area contributed by atoms with Crippen molar-refractivity contribution in [1.29, 1.82) is 0 Å². The summed E-state index contributed by atoms with van der Waals surface area (Å²) in [5.74, 6) is 0.241. The van der Waals surface area contributed by atoms with Gasteiger partial charge in [-0.1, -0.05) is 24.6 Å². The second-order valence-corrected chi connectivity index (χ2v) is 4.69. The molecule has 0 amide bonds. The molecule has 0 fully saturated rings. The van der Waals surface area contributed by atoms with Crippen LogP contribution >= 0.6 is 0 Å². The molecule has 0 spiro atoms. The van der Waals surface area contributed by atoms with E-state index in [-0.39, 0.29) is 5.76 Å².